The van der Waals surface area contributed by atoms with Crippen molar-refractivity contribution in [2.24, 2.45) is 0 Å². The number of nitrogens with one attached hydrogen (secondary N) is 1. The van der Waals surface area contributed by atoms with E-state index in [0.717, 1.165) is 24.2 Å². The van der Waals surface area contributed by atoms with E-state index in [-0.39, 0.29) is 5.91 Å². The van der Waals surface area contributed by atoms with Crippen LogP contribution in [0.25, 0.3) is 10.8 Å². The molecule has 0 aliphatic carbocycles. The third kappa shape index (κ3) is 4.23. The highest BCUT2D eigenvalue weighted by molar-refractivity contribution is 5.94. The van der Waals surface area contributed by atoms with Crippen LogP contribution in [0.4, 0.5) is 0 Å². The molecule has 0 unspecified atom stereocenters. The van der Waals surface area contributed by atoms with Crippen molar-refractivity contribution >= 4 is 16.7 Å². The van der Waals surface area contributed by atoms with Gasteiger partial charge in [-0.15, -0.1) is 0 Å². The second-order valence-corrected chi connectivity index (χ2v) is 6.41. The average molecular weight is 347 g/mol. The number of fused-ring (bicyclic) bond motifs is 1. The molecule has 1 N–H and O–H groups in total. The van der Waals surface area contributed by atoms with E-state index in [0.29, 0.717) is 18.7 Å². The number of hydrogen-bond donors (Lipinski definition) is 1. The summed E-state index contributed by atoms with van der Waals surface area (Å²) in [5, 5.41) is 5.57. The summed E-state index contributed by atoms with van der Waals surface area (Å²) in [6, 6.07) is 20.4. The van der Waals surface area contributed by atoms with Crippen LogP contribution in [0.1, 0.15) is 34.8 Å². The molecule has 1 amide bonds. The minimum absolute atomic E-state index is 0.0333. The number of amides is 1. The first-order valence-corrected chi connectivity index (χ1v) is 9.17. The molecule has 0 atom stereocenters. The molecular formula is C23H25NO2. The number of aryl methyl sites for hydroxylation is 2. The van der Waals surface area contributed by atoms with Crippen LogP contribution in [0, 0.1) is 6.92 Å². The first-order valence-electron chi connectivity index (χ1n) is 9.17. The van der Waals surface area contributed by atoms with Gasteiger partial charge in [-0.1, -0.05) is 42.5 Å². The molecule has 3 aromatic carbocycles. The number of carbonyl (C=O) groups excluding carboxylic acids is 1. The fourth-order valence-electron chi connectivity index (χ4n) is 3.20. The molecule has 3 rings (SSSR count). The molecule has 3 aromatic rings. The van der Waals surface area contributed by atoms with Gasteiger partial charge in [0.15, 0.2) is 0 Å². The van der Waals surface area contributed by atoms with Gasteiger partial charge in [0.25, 0.3) is 5.91 Å². The topological polar surface area (TPSA) is 38.3 Å². The van der Waals surface area contributed by atoms with Gasteiger partial charge in [0.2, 0.25) is 0 Å². The quantitative estimate of drug-likeness (QED) is 0.617. The maximum absolute atomic E-state index is 12.3. The molecule has 0 bridgehead atoms. The molecule has 0 aliphatic rings. The minimum Gasteiger partial charge on any atom is -0.494 e. The van der Waals surface area contributed by atoms with Gasteiger partial charge in [-0.2, -0.15) is 0 Å². The SMILES string of the molecule is CCOc1ccc(C(=O)NCCCc2cccc3ccccc23)cc1C. The Balaban J connectivity index is 1.54. The molecular weight excluding hydrogens is 322 g/mol. The summed E-state index contributed by atoms with van der Waals surface area (Å²) in [5.74, 6) is 0.800. The lowest BCUT2D eigenvalue weighted by molar-refractivity contribution is 0.0953. The molecule has 0 aliphatic heterocycles. The Kier molecular flexibility index (Phi) is 5.90. The molecule has 0 radical (unpaired) electrons. The number of carbonyl (C=O) groups is 1. The van der Waals surface area contributed by atoms with E-state index in [1.165, 1.54) is 16.3 Å². The summed E-state index contributed by atoms with van der Waals surface area (Å²) in [4.78, 5) is 12.3. The fraction of sp³-hybridized carbons (Fsp3) is 0.261. The van der Waals surface area contributed by atoms with Crippen LogP contribution in [0.3, 0.4) is 0 Å². The van der Waals surface area contributed by atoms with E-state index in [4.69, 9.17) is 4.74 Å². The zero-order valence-corrected chi connectivity index (χ0v) is 15.4. The standard InChI is InChI=1S/C23H25NO2/c1-3-26-22-14-13-20(16-17(22)2)23(25)24-15-7-11-19-10-6-9-18-8-4-5-12-21(18)19/h4-6,8-10,12-14,16H,3,7,11,15H2,1-2H3,(H,24,25). The predicted octanol–water partition coefficient (Wildman–Crippen LogP) is 4.91. The van der Waals surface area contributed by atoms with Gasteiger partial charge in [0.05, 0.1) is 6.61 Å². The van der Waals surface area contributed by atoms with Gasteiger partial charge in [0.1, 0.15) is 5.75 Å². The maximum Gasteiger partial charge on any atom is 0.251 e. The second kappa shape index (κ2) is 8.52. The number of rotatable bonds is 7. The van der Waals surface area contributed by atoms with Crippen molar-refractivity contribution in [3.63, 3.8) is 0 Å². The molecule has 0 saturated carbocycles. The number of ether oxygens (including phenoxy) is 1. The average Bonchev–Trinajstić information content (AvgIpc) is 2.67. The highest BCUT2D eigenvalue weighted by atomic mass is 16.5. The molecule has 0 heterocycles. The van der Waals surface area contributed by atoms with Gasteiger partial charge in [-0.05, 0) is 66.8 Å². The van der Waals surface area contributed by atoms with Crippen LogP contribution in [-0.4, -0.2) is 19.1 Å². The molecule has 3 nitrogen and oxygen atoms in total. The van der Waals surface area contributed by atoms with E-state index in [1.54, 1.807) is 0 Å². The van der Waals surface area contributed by atoms with Crippen molar-refractivity contribution in [1.82, 2.24) is 5.32 Å². The Morgan fingerprint density at radius 1 is 1.04 bits per heavy atom. The van der Waals surface area contributed by atoms with E-state index >= 15 is 0 Å². The summed E-state index contributed by atoms with van der Waals surface area (Å²) in [6.07, 6.45) is 1.86. The van der Waals surface area contributed by atoms with Crippen molar-refractivity contribution in [1.29, 1.82) is 0 Å². The smallest absolute Gasteiger partial charge is 0.251 e. The second-order valence-electron chi connectivity index (χ2n) is 6.41. The van der Waals surface area contributed by atoms with Crippen molar-refractivity contribution in [2.45, 2.75) is 26.7 Å². The zero-order valence-electron chi connectivity index (χ0n) is 15.4. The normalized spacial score (nSPS) is 10.7. The summed E-state index contributed by atoms with van der Waals surface area (Å²) < 4.78 is 5.52. The highest BCUT2D eigenvalue weighted by Crippen LogP contribution is 2.20. The lowest BCUT2D eigenvalue weighted by atomic mass is 10.0. The largest absolute Gasteiger partial charge is 0.494 e. The van der Waals surface area contributed by atoms with Crippen LogP contribution in [-0.2, 0) is 6.42 Å². The zero-order chi connectivity index (χ0) is 18.4. The third-order valence-corrected chi connectivity index (χ3v) is 4.53. The third-order valence-electron chi connectivity index (χ3n) is 4.53. The monoisotopic (exact) mass is 347 g/mol. The van der Waals surface area contributed by atoms with Gasteiger partial charge >= 0.3 is 0 Å². The Hall–Kier alpha value is -2.81. The molecule has 26 heavy (non-hydrogen) atoms. The van der Waals surface area contributed by atoms with Gasteiger partial charge in [0, 0.05) is 12.1 Å². The van der Waals surface area contributed by atoms with Crippen LogP contribution < -0.4 is 10.1 Å². The summed E-state index contributed by atoms with van der Waals surface area (Å²) in [7, 11) is 0. The molecule has 0 aromatic heterocycles. The number of hydrogen-bond acceptors (Lipinski definition) is 2. The highest BCUT2D eigenvalue weighted by Gasteiger charge is 2.08. The Morgan fingerprint density at radius 3 is 2.65 bits per heavy atom. The minimum atomic E-state index is -0.0333. The summed E-state index contributed by atoms with van der Waals surface area (Å²) >= 11 is 0. The first-order chi connectivity index (χ1) is 12.7. The van der Waals surface area contributed by atoms with Gasteiger partial charge in [-0.25, -0.2) is 0 Å². The van der Waals surface area contributed by atoms with Crippen LogP contribution >= 0.6 is 0 Å². The fourth-order valence-corrected chi connectivity index (χ4v) is 3.20. The van der Waals surface area contributed by atoms with E-state index in [9.17, 15) is 4.79 Å². The first kappa shape index (κ1) is 18.0. The van der Waals surface area contributed by atoms with Crippen molar-refractivity contribution < 1.29 is 9.53 Å². The van der Waals surface area contributed by atoms with Crippen LogP contribution in [0.5, 0.6) is 5.75 Å². The van der Waals surface area contributed by atoms with Crippen LogP contribution in [0.2, 0.25) is 0 Å². The molecule has 0 saturated heterocycles. The molecule has 3 heteroatoms. The van der Waals surface area contributed by atoms with E-state index < -0.39 is 0 Å². The summed E-state index contributed by atoms with van der Waals surface area (Å²) in [5.41, 5.74) is 2.99. The van der Waals surface area contributed by atoms with Crippen LogP contribution in [0.15, 0.2) is 60.7 Å². The Labute approximate surface area is 155 Å². The Morgan fingerprint density at radius 2 is 1.85 bits per heavy atom. The van der Waals surface area contributed by atoms with E-state index in [2.05, 4.69) is 47.8 Å². The lowest BCUT2D eigenvalue weighted by Gasteiger charge is -2.10. The summed E-state index contributed by atoms with van der Waals surface area (Å²) in [6.45, 7) is 5.20. The van der Waals surface area contributed by atoms with Crippen molar-refractivity contribution in [2.75, 3.05) is 13.2 Å². The van der Waals surface area contributed by atoms with Crippen molar-refractivity contribution in [3.8, 4) is 5.75 Å². The predicted molar refractivity (Wildman–Crippen MR) is 107 cm³/mol. The van der Waals surface area contributed by atoms with Gasteiger partial charge < -0.3 is 10.1 Å². The number of benzene rings is 3. The lowest BCUT2D eigenvalue weighted by Crippen LogP contribution is -2.24. The Bertz CT molecular complexity index is 896. The van der Waals surface area contributed by atoms with Gasteiger partial charge in [-0.3, -0.25) is 4.79 Å². The van der Waals surface area contributed by atoms with E-state index in [1.807, 2.05) is 32.0 Å². The molecule has 0 fully saturated rings. The molecule has 0 spiro atoms. The molecule has 134 valence electrons. The van der Waals surface area contributed by atoms with Crippen molar-refractivity contribution in [3.05, 3.63) is 77.4 Å². The maximum atomic E-state index is 12.3.